The Morgan fingerprint density at radius 1 is 1.31 bits per heavy atom. The van der Waals surface area contributed by atoms with E-state index >= 15 is 0 Å². The van der Waals surface area contributed by atoms with Crippen LogP contribution in [0.25, 0.3) is 10.8 Å². The standard InChI is InChI=1S/C13H14N2S/c1-2-10-8-14-6-4-12(10)13(3-1)15-11-5-7-16-9-11/h1-4,6,8,11,15H,5,7,9H2. The zero-order valence-corrected chi connectivity index (χ0v) is 9.83. The van der Waals surface area contributed by atoms with E-state index in [0.717, 1.165) is 0 Å². The van der Waals surface area contributed by atoms with Gasteiger partial charge in [-0.15, -0.1) is 0 Å². The van der Waals surface area contributed by atoms with Crippen LogP contribution in [-0.4, -0.2) is 22.5 Å². The van der Waals surface area contributed by atoms with Gasteiger partial charge in [-0.25, -0.2) is 0 Å². The minimum atomic E-state index is 0.628. The molecule has 2 aromatic rings. The molecular weight excluding hydrogens is 216 g/mol. The fourth-order valence-electron chi connectivity index (χ4n) is 2.12. The van der Waals surface area contributed by atoms with Gasteiger partial charge in [0.05, 0.1) is 0 Å². The maximum Gasteiger partial charge on any atom is 0.0423 e. The van der Waals surface area contributed by atoms with Crippen LogP contribution in [0, 0.1) is 0 Å². The Kier molecular flexibility index (Phi) is 2.70. The van der Waals surface area contributed by atoms with Gasteiger partial charge in [-0.3, -0.25) is 4.98 Å². The van der Waals surface area contributed by atoms with Gasteiger partial charge in [0, 0.05) is 40.6 Å². The van der Waals surface area contributed by atoms with Gasteiger partial charge in [-0.05, 0) is 24.3 Å². The van der Waals surface area contributed by atoms with Gasteiger partial charge in [-0.1, -0.05) is 12.1 Å². The number of fused-ring (bicyclic) bond motifs is 1. The molecule has 82 valence electrons. The van der Waals surface area contributed by atoms with E-state index in [4.69, 9.17) is 0 Å². The predicted octanol–water partition coefficient (Wildman–Crippen LogP) is 3.15. The highest BCUT2D eigenvalue weighted by Gasteiger charge is 2.15. The highest BCUT2D eigenvalue weighted by atomic mass is 32.2. The van der Waals surface area contributed by atoms with E-state index in [1.807, 2.05) is 24.2 Å². The van der Waals surface area contributed by atoms with Crippen molar-refractivity contribution in [3.8, 4) is 0 Å². The molecule has 1 aromatic carbocycles. The molecule has 0 bridgehead atoms. The smallest absolute Gasteiger partial charge is 0.0423 e. The number of anilines is 1. The first kappa shape index (κ1) is 9.97. The first-order valence-electron chi connectivity index (χ1n) is 5.60. The highest BCUT2D eigenvalue weighted by molar-refractivity contribution is 7.99. The molecule has 2 heterocycles. The summed E-state index contributed by atoms with van der Waals surface area (Å²) in [7, 11) is 0. The van der Waals surface area contributed by atoms with Gasteiger partial charge >= 0.3 is 0 Å². The van der Waals surface area contributed by atoms with Crippen LogP contribution in [0.1, 0.15) is 6.42 Å². The average molecular weight is 230 g/mol. The number of benzene rings is 1. The van der Waals surface area contributed by atoms with E-state index in [1.165, 1.54) is 34.4 Å². The second kappa shape index (κ2) is 4.34. The van der Waals surface area contributed by atoms with E-state index in [-0.39, 0.29) is 0 Å². The Labute approximate surface area is 99.5 Å². The number of hydrogen-bond acceptors (Lipinski definition) is 3. The van der Waals surface area contributed by atoms with Gasteiger partial charge < -0.3 is 5.32 Å². The van der Waals surface area contributed by atoms with Gasteiger partial charge in [0.25, 0.3) is 0 Å². The van der Waals surface area contributed by atoms with Crippen molar-refractivity contribution in [3.05, 3.63) is 36.7 Å². The topological polar surface area (TPSA) is 24.9 Å². The molecule has 2 nitrogen and oxygen atoms in total. The van der Waals surface area contributed by atoms with E-state index in [9.17, 15) is 0 Å². The number of thioether (sulfide) groups is 1. The zero-order valence-electron chi connectivity index (χ0n) is 9.02. The van der Waals surface area contributed by atoms with Crippen molar-refractivity contribution in [1.82, 2.24) is 4.98 Å². The summed E-state index contributed by atoms with van der Waals surface area (Å²) in [6, 6.07) is 9.07. The van der Waals surface area contributed by atoms with Crippen molar-refractivity contribution >= 4 is 28.2 Å². The monoisotopic (exact) mass is 230 g/mol. The molecule has 1 fully saturated rings. The molecule has 1 aliphatic rings. The normalized spacial score (nSPS) is 20.1. The van der Waals surface area contributed by atoms with Crippen molar-refractivity contribution in [2.45, 2.75) is 12.5 Å². The molecule has 3 heteroatoms. The third kappa shape index (κ3) is 1.87. The second-order valence-electron chi connectivity index (χ2n) is 4.11. The summed E-state index contributed by atoms with van der Waals surface area (Å²) in [6.45, 7) is 0. The second-order valence-corrected chi connectivity index (χ2v) is 5.26. The molecule has 0 aliphatic carbocycles. The van der Waals surface area contributed by atoms with Crippen LogP contribution in [0.5, 0.6) is 0 Å². The van der Waals surface area contributed by atoms with Crippen LogP contribution in [0.15, 0.2) is 36.7 Å². The SMILES string of the molecule is c1cc(NC2CCSC2)c2ccncc2c1. The molecule has 1 unspecified atom stereocenters. The Hall–Kier alpha value is -1.22. The van der Waals surface area contributed by atoms with Gasteiger partial charge in [-0.2, -0.15) is 11.8 Å². The Bertz CT molecular complexity index is 487. The molecule has 1 saturated heterocycles. The number of nitrogens with zero attached hydrogens (tertiary/aromatic N) is 1. The van der Waals surface area contributed by atoms with Crippen molar-refractivity contribution in [2.24, 2.45) is 0 Å². The van der Waals surface area contributed by atoms with Crippen molar-refractivity contribution in [1.29, 1.82) is 0 Å². The molecule has 1 atom stereocenters. The summed E-state index contributed by atoms with van der Waals surface area (Å²) in [4.78, 5) is 4.15. The van der Waals surface area contributed by atoms with Crippen LogP contribution in [-0.2, 0) is 0 Å². The van der Waals surface area contributed by atoms with Crippen LogP contribution in [0.3, 0.4) is 0 Å². The van der Waals surface area contributed by atoms with Gasteiger partial charge in [0.1, 0.15) is 0 Å². The van der Waals surface area contributed by atoms with Gasteiger partial charge in [0.2, 0.25) is 0 Å². The molecule has 0 spiro atoms. The Morgan fingerprint density at radius 3 is 3.19 bits per heavy atom. The molecule has 1 N–H and O–H groups in total. The molecular formula is C13H14N2S. The quantitative estimate of drug-likeness (QED) is 0.858. The largest absolute Gasteiger partial charge is 0.381 e. The lowest BCUT2D eigenvalue weighted by molar-refractivity contribution is 0.814. The highest BCUT2D eigenvalue weighted by Crippen LogP contribution is 2.26. The lowest BCUT2D eigenvalue weighted by Crippen LogP contribution is -2.18. The Balaban J connectivity index is 1.96. The minimum absolute atomic E-state index is 0.628. The lowest BCUT2D eigenvalue weighted by atomic mass is 10.1. The molecule has 0 radical (unpaired) electrons. The fraction of sp³-hybridized carbons (Fsp3) is 0.308. The number of nitrogens with one attached hydrogen (secondary N) is 1. The lowest BCUT2D eigenvalue weighted by Gasteiger charge is -2.14. The number of aromatic nitrogens is 1. The van der Waals surface area contributed by atoms with E-state index in [0.29, 0.717) is 6.04 Å². The maximum atomic E-state index is 4.15. The van der Waals surface area contributed by atoms with Crippen molar-refractivity contribution in [3.63, 3.8) is 0 Å². The molecule has 1 aliphatic heterocycles. The van der Waals surface area contributed by atoms with Crippen LogP contribution in [0.4, 0.5) is 5.69 Å². The van der Waals surface area contributed by atoms with E-state index in [2.05, 4.69) is 34.6 Å². The summed E-state index contributed by atoms with van der Waals surface area (Å²) in [6.07, 6.45) is 5.05. The summed E-state index contributed by atoms with van der Waals surface area (Å²) in [5, 5.41) is 6.11. The average Bonchev–Trinajstić information content (AvgIpc) is 2.82. The number of hydrogen-bond donors (Lipinski definition) is 1. The molecule has 3 rings (SSSR count). The van der Waals surface area contributed by atoms with Crippen molar-refractivity contribution < 1.29 is 0 Å². The fourth-order valence-corrected chi connectivity index (χ4v) is 3.27. The minimum Gasteiger partial charge on any atom is -0.381 e. The molecule has 0 amide bonds. The number of pyridine rings is 1. The van der Waals surface area contributed by atoms with E-state index < -0.39 is 0 Å². The van der Waals surface area contributed by atoms with Crippen LogP contribution in [0.2, 0.25) is 0 Å². The summed E-state index contributed by atoms with van der Waals surface area (Å²) in [5.74, 6) is 2.51. The summed E-state index contributed by atoms with van der Waals surface area (Å²) in [5.41, 5.74) is 1.24. The first-order valence-corrected chi connectivity index (χ1v) is 6.76. The molecule has 1 aromatic heterocycles. The first-order chi connectivity index (χ1) is 7.93. The molecule has 0 saturated carbocycles. The van der Waals surface area contributed by atoms with Crippen molar-refractivity contribution in [2.75, 3.05) is 16.8 Å². The van der Waals surface area contributed by atoms with Crippen LogP contribution < -0.4 is 5.32 Å². The third-order valence-electron chi connectivity index (χ3n) is 2.97. The predicted molar refractivity (Wildman–Crippen MR) is 71.1 cm³/mol. The Morgan fingerprint density at radius 2 is 2.31 bits per heavy atom. The van der Waals surface area contributed by atoms with Crippen LogP contribution >= 0.6 is 11.8 Å². The van der Waals surface area contributed by atoms with Gasteiger partial charge in [0.15, 0.2) is 0 Å². The third-order valence-corrected chi connectivity index (χ3v) is 4.13. The summed E-state index contributed by atoms with van der Waals surface area (Å²) >= 11 is 2.03. The maximum absolute atomic E-state index is 4.15. The molecule has 16 heavy (non-hydrogen) atoms. The number of rotatable bonds is 2. The van der Waals surface area contributed by atoms with E-state index in [1.54, 1.807) is 0 Å². The zero-order chi connectivity index (χ0) is 10.8. The summed E-state index contributed by atoms with van der Waals surface area (Å²) < 4.78 is 0.